The summed E-state index contributed by atoms with van der Waals surface area (Å²) in [4.78, 5) is 33.3. The number of hydrogen-bond donors (Lipinski definition) is 2. The molecule has 0 saturated carbocycles. The molecule has 5 rings (SSSR count). The number of aromatic nitrogens is 4. The van der Waals surface area contributed by atoms with Crippen LogP contribution >= 0.6 is 22.9 Å². The quantitative estimate of drug-likeness (QED) is 0.359. The molecule has 3 aromatic heterocycles. The van der Waals surface area contributed by atoms with Crippen LogP contribution in [-0.2, 0) is 24.1 Å². The summed E-state index contributed by atoms with van der Waals surface area (Å²) in [7, 11) is 0. The van der Waals surface area contributed by atoms with E-state index >= 15 is 0 Å². The number of nitrogens with one attached hydrogen (secondary N) is 1. The van der Waals surface area contributed by atoms with Gasteiger partial charge in [0.25, 0.3) is 0 Å². The summed E-state index contributed by atoms with van der Waals surface area (Å²) in [5, 5.41) is 17.9. The fraction of sp³-hybridized carbons (Fsp3) is 0.240. The van der Waals surface area contributed by atoms with Gasteiger partial charge in [0.1, 0.15) is 0 Å². The summed E-state index contributed by atoms with van der Waals surface area (Å²) in [6, 6.07) is 8.97. The molecule has 2 N–H and O–H groups in total. The van der Waals surface area contributed by atoms with E-state index in [0.717, 1.165) is 62.9 Å². The number of carbonyl (C=O) groups is 2. The molecular weight excluding hydrogens is 486 g/mol. The molecule has 3 heterocycles. The number of carbonyl (C=O) groups excluding carboxylic acids is 1. The molecule has 0 spiro atoms. The van der Waals surface area contributed by atoms with Crippen LogP contribution in [0.15, 0.2) is 36.5 Å². The summed E-state index contributed by atoms with van der Waals surface area (Å²) < 4.78 is 1.87. The number of nitrogens with zero attached hydrogens (tertiary/aromatic N) is 4. The maximum absolute atomic E-state index is 11.7. The Kier molecular flexibility index (Phi) is 6.12. The van der Waals surface area contributed by atoms with Crippen molar-refractivity contribution in [3.63, 3.8) is 0 Å². The van der Waals surface area contributed by atoms with Gasteiger partial charge in [0.2, 0.25) is 5.91 Å². The summed E-state index contributed by atoms with van der Waals surface area (Å²) >= 11 is 7.50. The highest BCUT2D eigenvalue weighted by Crippen LogP contribution is 2.44. The van der Waals surface area contributed by atoms with Gasteiger partial charge in [-0.25, -0.2) is 14.5 Å². The average Bonchev–Trinajstić information content (AvgIpc) is 3.40. The molecule has 35 heavy (non-hydrogen) atoms. The van der Waals surface area contributed by atoms with E-state index < -0.39 is 5.97 Å². The minimum Gasteiger partial charge on any atom is -0.478 e. The lowest BCUT2D eigenvalue weighted by Gasteiger charge is -2.16. The molecule has 1 aliphatic rings. The third-order valence-corrected chi connectivity index (χ3v) is 7.10. The van der Waals surface area contributed by atoms with Crippen molar-refractivity contribution < 1.29 is 14.7 Å². The smallest absolute Gasteiger partial charge is 0.335 e. The number of carboxylic acid groups (broad SMARTS) is 1. The second kappa shape index (κ2) is 9.24. The Morgan fingerprint density at radius 3 is 2.74 bits per heavy atom. The SMILES string of the molecule is CC(=O)Nc1nc2c(s1)-c1c(c(-c3ccc(C)nc3)nn1-c1ccc(C(=O)O)cc1CCCl)CC2. The lowest BCUT2D eigenvalue weighted by atomic mass is 9.95. The Labute approximate surface area is 210 Å². The third kappa shape index (κ3) is 4.33. The Hall–Kier alpha value is -3.56. The Morgan fingerprint density at radius 1 is 1.23 bits per heavy atom. The van der Waals surface area contributed by atoms with Crippen LogP contribution < -0.4 is 5.32 Å². The van der Waals surface area contributed by atoms with Crippen molar-refractivity contribution in [2.45, 2.75) is 33.1 Å². The highest BCUT2D eigenvalue weighted by molar-refractivity contribution is 7.19. The number of hydrogen-bond acceptors (Lipinski definition) is 6. The van der Waals surface area contributed by atoms with E-state index in [1.807, 2.05) is 29.9 Å². The largest absolute Gasteiger partial charge is 0.478 e. The number of pyridine rings is 1. The molecule has 0 aliphatic heterocycles. The zero-order valence-corrected chi connectivity index (χ0v) is 20.7. The van der Waals surface area contributed by atoms with Crippen molar-refractivity contribution in [1.82, 2.24) is 19.7 Å². The van der Waals surface area contributed by atoms with E-state index in [9.17, 15) is 14.7 Å². The van der Waals surface area contributed by atoms with Gasteiger partial charge in [-0.15, -0.1) is 11.6 Å². The number of aromatic carboxylic acids is 1. The fourth-order valence-electron chi connectivity index (χ4n) is 4.32. The zero-order chi connectivity index (χ0) is 24.7. The molecule has 1 aromatic carbocycles. The highest BCUT2D eigenvalue weighted by Gasteiger charge is 2.30. The number of anilines is 1. The van der Waals surface area contributed by atoms with Gasteiger partial charge in [0.15, 0.2) is 5.13 Å². The van der Waals surface area contributed by atoms with E-state index in [4.69, 9.17) is 16.7 Å². The van der Waals surface area contributed by atoms with Crippen molar-refractivity contribution in [1.29, 1.82) is 0 Å². The first-order chi connectivity index (χ1) is 16.9. The van der Waals surface area contributed by atoms with Crippen molar-refractivity contribution in [2.75, 3.05) is 11.2 Å². The van der Waals surface area contributed by atoms with E-state index in [1.54, 1.807) is 18.2 Å². The number of benzene rings is 1. The van der Waals surface area contributed by atoms with Gasteiger partial charge in [-0.3, -0.25) is 9.78 Å². The molecule has 0 saturated heterocycles. The standard InChI is InChI=1S/C25H22ClN5O3S/c1-13-3-4-17(12-27-13)21-18-6-7-19-23(35-25(29-19)28-14(2)32)22(18)31(30-21)20-8-5-16(24(33)34)11-15(20)9-10-26/h3-5,8,11-12H,6-7,9-10H2,1-2H3,(H,33,34)(H,28,29,32). The average molecular weight is 508 g/mol. The molecule has 8 nitrogen and oxygen atoms in total. The van der Waals surface area contributed by atoms with Crippen LogP contribution in [-0.4, -0.2) is 42.6 Å². The number of carboxylic acids is 1. The molecule has 1 aliphatic carbocycles. The minimum atomic E-state index is -0.994. The molecular formula is C25H22ClN5O3S. The minimum absolute atomic E-state index is 0.176. The van der Waals surface area contributed by atoms with Crippen LogP contribution in [0.2, 0.25) is 0 Å². The topological polar surface area (TPSA) is 110 Å². The number of halogens is 1. The predicted molar refractivity (Wildman–Crippen MR) is 136 cm³/mol. The highest BCUT2D eigenvalue weighted by atomic mass is 35.5. The van der Waals surface area contributed by atoms with E-state index in [2.05, 4.69) is 15.3 Å². The number of fused-ring (bicyclic) bond motifs is 3. The fourth-order valence-corrected chi connectivity index (χ4v) is 5.63. The summed E-state index contributed by atoms with van der Waals surface area (Å²) in [5.41, 5.74) is 7.27. The van der Waals surface area contributed by atoms with Gasteiger partial charge in [0, 0.05) is 35.8 Å². The molecule has 0 unspecified atom stereocenters. The van der Waals surface area contributed by atoms with Gasteiger partial charge in [-0.1, -0.05) is 11.3 Å². The zero-order valence-electron chi connectivity index (χ0n) is 19.1. The van der Waals surface area contributed by atoms with Gasteiger partial charge < -0.3 is 10.4 Å². The monoisotopic (exact) mass is 507 g/mol. The number of rotatable bonds is 6. The maximum atomic E-state index is 11.7. The van der Waals surface area contributed by atoms with Gasteiger partial charge in [0.05, 0.1) is 33.2 Å². The number of aryl methyl sites for hydroxylation is 3. The maximum Gasteiger partial charge on any atom is 0.335 e. The summed E-state index contributed by atoms with van der Waals surface area (Å²) in [5.74, 6) is -0.830. The second-order valence-corrected chi connectivity index (χ2v) is 9.72. The van der Waals surface area contributed by atoms with Crippen LogP contribution in [0.5, 0.6) is 0 Å². The van der Waals surface area contributed by atoms with Gasteiger partial charge in [-0.2, -0.15) is 5.10 Å². The van der Waals surface area contributed by atoms with Crippen molar-refractivity contribution in [3.8, 4) is 27.5 Å². The van der Waals surface area contributed by atoms with E-state index in [0.29, 0.717) is 17.4 Å². The molecule has 4 aromatic rings. The van der Waals surface area contributed by atoms with Gasteiger partial charge >= 0.3 is 5.97 Å². The van der Waals surface area contributed by atoms with Crippen molar-refractivity contribution >= 4 is 39.9 Å². The van der Waals surface area contributed by atoms with Gasteiger partial charge in [-0.05, 0) is 62.1 Å². The van der Waals surface area contributed by atoms with E-state index in [1.165, 1.54) is 18.3 Å². The van der Waals surface area contributed by atoms with Crippen LogP contribution in [0.4, 0.5) is 5.13 Å². The Bertz CT molecular complexity index is 1460. The summed E-state index contributed by atoms with van der Waals surface area (Å²) in [6.07, 6.45) is 3.76. The molecule has 0 atom stereocenters. The number of amides is 1. The Balaban J connectivity index is 1.76. The van der Waals surface area contributed by atoms with Crippen LogP contribution in [0.25, 0.3) is 27.5 Å². The molecule has 1 amide bonds. The summed E-state index contributed by atoms with van der Waals surface area (Å²) in [6.45, 7) is 3.40. The normalized spacial score (nSPS) is 12.2. The molecule has 0 fully saturated rings. The lowest BCUT2D eigenvalue weighted by Crippen LogP contribution is -2.09. The van der Waals surface area contributed by atoms with Crippen LogP contribution in [0, 0.1) is 6.92 Å². The number of thiazole rings is 1. The number of alkyl halides is 1. The van der Waals surface area contributed by atoms with Crippen LogP contribution in [0.1, 0.15) is 39.8 Å². The molecule has 178 valence electrons. The molecule has 0 bridgehead atoms. The Morgan fingerprint density at radius 2 is 2.06 bits per heavy atom. The first kappa shape index (κ1) is 23.2. The van der Waals surface area contributed by atoms with Crippen molar-refractivity contribution in [3.05, 3.63) is 64.6 Å². The lowest BCUT2D eigenvalue weighted by molar-refractivity contribution is -0.114. The first-order valence-electron chi connectivity index (χ1n) is 11.1. The second-order valence-electron chi connectivity index (χ2n) is 8.34. The van der Waals surface area contributed by atoms with E-state index in [-0.39, 0.29) is 11.5 Å². The first-order valence-corrected chi connectivity index (χ1v) is 12.5. The van der Waals surface area contributed by atoms with Crippen molar-refractivity contribution in [2.24, 2.45) is 0 Å². The molecule has 10 heteroatoms. The third-order valence-electron chi connectivity index (χ3n) is 5.89. The van der Waals surface area contributed by atoms with Crippen LogP contribution in [0.3, 0.4) is 0 Å². The predicted octanol–water partition coefficient (Wildman–Crippen LogP) is 4.90. The molecule has 0 radical (unpaired) electrons.